The van der Waals surface area contributed by atoms with Crippen molar-refractivity contribution in [1.29, 1.82) is 0 Å². The number of fused-ring (bicyclic) bond motifs is 1. The lowest BCUT2D eigenvalue weighted by Crippen LogP contribution is -2.20. The summed E-state index contributed by atoms with van der Waals surface area (Å²) in [6.07, 6.45) is 2.22. The molecule has 0 aliphatic carbocycles. The number of benzene rings is 2. The van der Waals surface area contributed by atoms with Crippen LogP contribution in [0, 0.1) is 27.2 Å². The van der Waals surface area contributed by atoms with Crippen LogP contribution in [0.4, 0.5) is 11.4 Å². The number of nitro groups is 2. The lowest BCUT2D eigenvalue weighted by Gasteiger charge is -2.11. The van der Waals surface area contributed by atoms with Crippen LogP contribution in [0.25, 0.3) is 10.9 Å². The molecule has 182 valence electrons. The number of pyridine rings is 1. The predicted molar refractivity (Wildman–Crippen MR) is 132 cm³/mol. The highest BCUT2D eigenvalue weighted by Gasteiger charge is 2.24. The van der Waals surface area contributed by atoms with Crippen LogP contribution in [-0.2, 0) is 0 Å². The summed E-state index contributed by atoms with van der Waals surface area (Å²) in [5.41, 5.74) is -0.410. The first-order chi connectivity index (χ1) is 17.2. The van der Waals surface area contributed by atoms with E-state index < -0.39 is 21.1 Å². The van der Waals surface area contributed by atoms with Gasteiger partial charge in [-0.2, -0.15) is 9.78 Å². The number of aromatic nitrogens is 3. The Kier molecular flexibility index (Phi) is 6.69. The van der Waals surface area contributed by atoms with Gasteiger partial charge < -0.3 is 9.47 Å². The van der Waals surface area contributed by atoms with E-state index in [9.17, 15) is 25.0 Å². The minimum Gasteiger partial charge on any atom is -0.493 e. The zero-order chi connectivity index (χ0) is 26.0. The van der Waals surface area contributed by atoms with Gasteiger partial charge in [0, 0.05) is 28.2 Å². The van der Waals surface area contributed by atoms with E-state index in [-0.39, 0.29) is 28.6 Å². The Balaban J connectivity index is 1.74. The van der Waals surface area contributed by atoms with Crippen molar-refractivity contribution in [3.8, 4) is 17.4 Å². The molecule has 36 heavy (non-hydrogen) atoms. The Morgan fingerprint density at radius 3 is 2.53 bits per heavy atom. The van der Waals surface area contributed by atoms with Gasteiger partial charge in [0.05, 0.1) is 34.1 Å². The first-order valence-electron chi connectivity index (χ1n) is 10.1. The molecule has 0 bridgehead atoms. The molecule has 0 atom stereocenters. The molecular formula is C22H15BrN6O7. The van der Waals surface area contributed by atoms with Gasteiger partial charge in [-0.15, -0.1) is 0 Å². The molecule has 4 aromatic rings. The molecule has 0 aliphatic heterocycles. The predicted octanol–water partition coefficient (Wildman–Crippen LogP) is 4.36. The van der Waals surface area contributed by atoms with Crippen molar-refractivity contribution in [2.24, 2.45) is 5.10 Å². The van der Waals surface area contributed by atoms with Crippen molar-refractivity contribution in [1.82, 2.24) is 14.6 Å². The van der Waals surface area contributed by atoms with E-state index in [1.807, 2.05) is 0 Å². The fourth-order valence-electron chi connectivity index (χ4n) is 3.24. The molecule has 14 heteroatoms. The summed E-state index contributed by atoms with van der Waals surface area (Å²) in [6, 6.07) is 10.1. The van der Waals surface area contributed by atoms with Crippen LogP contribution in [0.15, 0.2) is 63.0 Å². The summed E-state index contributed by atoms with van der Waals surface area (Å²) in [6.45, 7) is 1.61. The molecule has 0 unspecified atom stereocenters. The largest absolute Gasteiger partial charge is 0.493 e. The summed E-state index contributed by atoms with van der Waals surface area (Å²) < 4.78 is 12.6. The summed E-state index contributed by atoms with van der Waals surface area (Å²) in [5, 5.41) is 27.1. The summed E-state index contributed by atoms with van der Waals surface area (Å²) in [7, 11) is 1.29. The van der Waals surface area contributed by atoms with E-state index in [0.717, 1.165) is 16.9 Å². The molecule has 0 saturated heterocycles. The van der Waals surface area contributed by atoms with Gasteiger partial charge in [-0.25, -0.2) is 9.97 Å². The first kappa shape index (κ1) is 24.4. The number of halogens is 1. The van der Waals surface area contributed by atoms with E-state index in [0.29, 0.717) is 21.2 Å². The molecule has 0 radical (unpaired) electrons. The molecule has 0 N–H and O–H groups in total. The van der Waals surface area contributed by atoms with Gasteiger partial charge in [-0.05, 0) is 31.2 Å². The number of hydrogen-bond donors (Lipinski definition) is 0. The van der Waals surface area contributed by atoms with E-state index in [4.69, 9.17) is 9.47 Å². The van der Waals surface area contributed by atoms with Crippen molar-refractivity contribution in [2.45, 2.75) is 6.92 Å². The summed E-state index contributed by atoms with van der Waals surface area (Å²) in [4.78, 5) is 42.4. The van der Waals surface area contributed by atoms with Crippen LogP contribution < -0.4 is 15.0 Å². The zero-order valence-corrected chi connectivity index (χ0v) is 20.2. The molecule has 2 heterocycles. The average molecular weight is 555 g/mol. The fraction of sp³-hybridized carbons (Fsp3) is 0.0909. The number of nitrogens with zero attached hydrogens (tertiary/aromatic N) is 6. The van der Waals surface area contributed by atoms with Crippen LogP contribution in [0.3, 0.4) is 0 Å². The second-order valence-electron chi connectivity index (χ2n) is 7.22. The van der Waals surface area contributed by atoms with Crippen LogP contribution in [0.1, 0.15) is 11.4 Å². The molecule has 0 aliphatic rings. The Morgan fingerprint density at radius 2 is 1.89 bits per heavy atom. The Hall–Kier alpha value is -4.72. The molecule has 13 nitrogen and oxygen atoms in total. The van der Waals surface area contributed by atoms with Crippen molar-refractivity contribution >= 4 is 44.4 Å². The van der Waals surface area contributed by atoms with Gasteiger partial charge in [0.15, 0.2) is 5.75 Å². The fourth-order valence-corrected chi connectivity index (χ4v) is 3.60. The van der Waals surface area contributed by atoms with Gasteiger partial charge in [0.1, 0.15) is 12.0 Å². The maximum atomic E-state index is 12.9. The standard InChI is InChI=1S/C22H15BrN6O7/c1-12-26-17-5-3-14(23)9-16(17)22(30)27(12)25-10-13-7-18(29(33)34)21(19(8-13)35-2)36-20-6-4-15(11-24-20)28(31)32/h3-11H,1-2H3. The number of ether oxygens (including phenoxy) is 2. The van der Waals surface area contributed by atoms with Crippen molar-refractivity contribution in [3.63, 3.8) is 0 Å². The number of hydrogen-bond acceptors (Lipinski definition) is 10. The molecule has 0 amide bonds. The van der Waals surface area contributed by atoms with E-state index in [1.54, 1.807) is 25.1 Å². The summed E-state index contributed by atoms with van der Waals surface area (Å²) in [5.74, 6) is -0.0715. The van der Waals surface area contributed by atoms with Gasteiger partial charge >= 0.3 is 5.69 Å². The van der Waals surface area contributed by atoms with E-state index in [2.05, 4.69) is 31.0 Å². The highest BCUT2D eigenvalue weighted by atomic mass is 79.9. The quantitative estimate of drug-likeness (QED) is 0.183. The number of rotatable bonds is 7. The van der Waals surface area contributed by atoms with Crippen molar-refractivity contribution < 1.29 is 19.3 Å². The third kappa shape index (κ3) is 4.88. The molecular weight excluding hydrogens is 540 g/mol. The highest BCUT2D eigenvalue weighted by Crippen LogP contribution is 2.40. The van der Waals surface area contributed by atoms with Gasteiger partial charge in [-0.3, -0.25) is 25.0 Å². The first-order valence-corrected chi connectivity index (χ1v) is 10.8. The smallest absolute Gasteiger partial charge is 0.316 e. The van der Waals surface area contributed by atoms with Crippen LogP contribution in [-0.4, -0.2) is 37.8 Å². The Bertz CT molecular complexity index is 1600. The monoisotopic (exact) mass is 554 g/mol. The van der Waals surface area contributed by atoms with Gasteiger partial charge in [0.25, 0.3) is 11.2 Å². The molecule has 2 aromatic carbocycles. The topological polar surface area (TPSA) is 165 Å². The zero-order valence-electron chi connectivity index (χ0n) is 18.6. The van der Waals surface area contributed by atoms with Crippen LogP contribution >= 0.6 is 15.9 Å². The molecule has 0 saturated carbocycles. The molecule has 2 aromatic heterocycles. The normalized spacial score (nSPS) is 11.1. The van der Waals surface area contributed by atoms with E-state index in [1.165, 1.54) is 31.5 Å². The molecule has 4 rings (SSSR count). The number of nitro benzene ring substituents is 1. The van der Waals surface area contributed by atoms with Crippen LogP contribution in [0.5, 0.6) is 17.4 Å². The summed E-state index contributed by atoms with van der Waals surface area (Å²) >= 11 is 3.32. The Morgan fingerprint density at radius 1 is 1.11 bits per heavy atom. The third-order valence-electron chi connectivity index (χ3n) is 4.90. The lowest BCUT2D eigenvalue weighted by molar-refractivity contribution is -0.385. The third-order valence-corrected chi connectivity index (χ3v) is 5.40. The van der Waals surface area contributed by atoms with E-state index >= 15 is 0 Å². The van der Waals surface area contributed by atoms with Crippen LogP contribution in [0.2, 0.25) is 0 Å². The van der Waals surface area contributed by atoms with Crippen molar-refractivity contribution in [3.05, 3.63) is 95.1 Å². The molecule has 0 spiro atoms. The maximum absolute atomic E-state index is 12.9. The second kappa shape index (κ2) is 9.87. The average Bonchev–Trinajstić information content (AvgIpc) is 2.85. The lowest BCUT2D eigenvalue weighted by atomic mass is 10.2. The van der Waals surface area contributed by atoms with Gasteiger partial charge in [-0.1, -0.05) is 15.9 Å². The minimum atomic E-state index is -0.687. The maximum Gasteiger partial charge on any atom is 0.316 e. The van der Waals surface area contributed by atoms with Gasteiger partial charge in [0.2, 0.25) is 11.6 Å². The highest BCUT2D eigenvalue weighted by molar-refractivity contribution is 9.10. The van der Waals surface area contributed by atoms with Crippen molar-refractivity contribution in [2.75, 3.05) is 7.11 Å². The number of aryl methyl sites for hydroxylation is 1. The minimum absolute atomic E-state index is 0.0181. The number of methoxy groups -OCH3 is 1. The SMILES string of the molecule is COc1cc(C=Nn2c(C)nc3ccc(Br)cc3c2=O)cc([N+](=O)[O-])c1Oc1ccc([N+](=O)[O-])cn1. The second-order valence-corrected chi connectivity index (χ2v) is 8.14. The molecule has 0 fully saturated rings. The Labute approximate surface area is 210 Å².